The number of carbonyl (C=O) groups is 1. The number of nitrogens with zero attached hydrogens (tertiary/aromatic N) is 2. The number of amides is 1. The first kappa shape index (κ1) is 14.4. The topological polar surface area (TPSA) is 49.8 Å². The highest BCUT2D eigenvalue weighted by atomic mass is 16.6. The fraction of sp³-hybridized carbons (Fsp3) is 0.571. The van der Waals surface area contributed by atoms with Crippen LogP contribution in [0, 0.1) is 11.8 Å². The zero-order valence-corrected chi connectivity index (χ0v) is 14.7. The number of hydroxylamine groups is 3. The second kappa shape index (κ2) is 4.24. The summed E-state index contributed by atoms with van der Waals surface area (Å²) in [5.41, 5.74) is 3.65. The minimum atomic E-state index is -0.111. The Balaban J connectivity index is 1.56. The molecule has 0 unspecified atom stereocenters. The lowest BCUT2D eigenvalue weighted by Crippen LogP contribution is -2.72. The maximum atomic E-state index is 13.2. The number of anilines is 1. The number of fused-ring (bicyclic) bond motifs is 2. The van der Waals surface area contributed by atoms with Gasteiger partial charge in [-0.2, -0.15) is 4.65 Å². The summed E-state index contributed by atoms with van der Waals surface area (Å²) in [6.45, 7) is 2.12. The molecule has 7 rings (SSSR count). The summed E-state index contributed by atoms with van der Waals surface area (Å²) < 4.78 is 6.37. The quantitative estimate of drug-likeness (QED) is 0.575. The Kier molecular flexibility index (Phi) is 2.34. The van der Waals surface area contributed by atoms with Crippen molar-refractivity contribution in [3.05, 3.63) is 41.5 Å². The monoisotopic (exact) mass is 351 g/mol. The van der Waals surface area contributed by atoms with E-state index in [1.54, 1.807) is 0 Å². The van der Waals surface area contributed by atoms with E-state index in [2.05, 4.69) is 29.2 Å². The third-order valence-corrected chi connectivity index (χ3v) is 8.53. The van der Waals surface area contributed by atoms with E-state index in [-0.39, 0.29) is 34.2 Å². The van der Waals surface area contributed by atoms with Crippen LogP contribution >= 0.6 is 0 Å². The Morgan fingerprint density at radius 1 is 1.31 bits per heavy atom. The van der Waals surface area contributed by atoms with E-state index in [0.29, 0.717) is 24.9 Å². The average molecular weight is 351 g/mol. The second-order valence-corrected chi connectivity index (χ2v) is 9.18. The van der Waals surface area contributed by atoms with Crippen molar-refractivity contribution in [3.63, 3.8) is 0 Å². The van der Waals surface area contributed by atoms with Gasteiger partial charge >= 0.3 is 0 Å². The van der Waals surface area contributed by atoms with Gasteiger partial charge in [-0.15, -0.1) is 0 Å². The van der Waals surface area contributed by atoms with Crippen LogP contribution in [0.3, 0.4) is 0 Å². The van der Waals surface area contributed by atoms with E-state index in [0.717, 1.165) is 31.6 Å². The van der Waals surface area contributed by atoms with Crippen LogP contribution in [0.4, 0.5) is 5.69 Å². The summed E-state index contributed by atoms with van der Waals surface area (Å²) in [6, 6.07) is 8.81. The molecule has 5 aliphatic heterocycles. The molecule has 5 heteroatoms. The molecule has 1 aliphatic carbocycles. The molecular weight excluding hydrogens is 328 g/mol. The highest BCUT2D eigenvalue weighted by Crippen LogP contribution is 2.67. The standard InChI is InChI=1S/C21H23N2O3/c24-18-10-16-19-13-9-17-21(6-7-23(17,25)11-12(13)5-8-26-16)14-3-1-2-4-15(14)22(18)20(19)21/h1-5,13,16-17,19-20,25H,6-11H2/q+1/t13-,16-,17-,19-,20-,21+,23+/m0/s1. The van der Waals surface area contributed by atoms with Crippen LogP contribution in [-0.4, -0.2) is 53.6 Å². The minimum Gasteiger partial charge on any atom is -0.373 e. The molecule has 6 aliphatic rings. The molecule has 1 amide bonds. The fourth-order valence-corrected chi connectivity index (χ4v) is 7.79. The van der Waals surface area contributed by atoms with Crippen LogP contribution < -0.4 is 4.90 Å². The largest absolute Gasteiger partial charge is 0.373 e. The van der Waals surface area contributed by atoms with Gasteiger partial charge < -0.3 is 9.64 Å². The van der Waals surface area contributed by atoms with Gasteiger partial charge in [0, 0.05) is 24.4 Å². The molecule has 1 aromatic carbocycles. The van der Waals surface area contributed by atoms with Crippen molar-refractivity contribution in [2.75, 3.05) is 24.6 Å². The van der Waals surface area contributed by atoms with Crippen molar-refractivity contribution in [2.45, 2.75) is 42.9 Å². The summed E-state index contributed by atoms with van der Waals surface area (Å²) in [5.74, 6) is 1.01. The SMILES string of the molecule is O=C1C[C@@H]2OCC=C3C[N@+]4(O)CC[C@]56c7ccccc7N1[C@H]5[C@H]2[C@H]3C[C@@H]64. The molecule has 1 spiro atoms. The highest BCUT2D eigenvalue weighted by molar-refractivity contribution is 5.99. The van der Waals surface area contributed by atoms with Gasteiger partial charge in [-0.3, -0.25) is 4.79 Å². The molecule has 3 saturated heterocycles. The first-order valence-electron chi connectivity index (χ1n) is 9.95. The normalized spacial score (nSPS) is 49.6. The van der Waals surface area contributed by atoms with Crippen molar-refractivity contribution in [2.24, 2.45) is 11.8 Å². The molecule has 1 N–H and O–H groups in total. The van der Waals surface area contributed by atoms with Crippen molar-refractivity contribution < 1.29 is 19.4 Å². The maximum absolute atomic E-state index is 13.2. The number of quaternary nitrogens is 1. The summed E-state index contributed by atoms with van der Waals surface area (Å²) in [7, 11) is 0. The number of hydrogen-bond acceptors (Lipinski definition) is 3. The van der Waals surface area contributed by atoms with Crippen LogP contribution in [0.15, 0.2) is 35.9 Å². The third-order valence-electron chi connectivity index (χ3n) is 8.53. The minimum absolute atomic E-state index is 0.0222. The molecule has 5 nitrogen and oxygen atoms in total. The zero-order chi connectivity index (χ0) is 17.3. The summed E-state index contributed by atoms with van der Waals surface area (Å²) in [6.07, 6.45) is 4.71. The Hall–Kier alpha value is -1.69. The predicted molar refractivity (Wildman–Crippen MR) is 93.6 cm³/mol. The Morgan fingerprint density at radius 2 is 2.19 bits per heavy atom. The summed E-state index contributed by atoms with van der Waals surface area (Å²) in [5, 5.41) is 11.6. The van der Waals surface area contributed by atoms with Crippen LogP contribution in [0.25, 0.3) is 0 Å². The van der Waals surface area contributed by atoms with Gasteiger partial charge in [-0.1, -0.05) is 24.3 Å². The highest BCUT2D eigenvalue weighted by Gasteiger charge is 2.76. The number of hydrogen-bond donors (Lipinski definition) is 1. The molecule has 5 heterocycles. The van der Waals surface area contributed by atoms with E-state index >= 15 is 0 Å². The van der Waals surface area contributed by atoms with Crippen molar-refractivity contribution in [1.82, 2.24) is 0 Å². The first-order valence-corrected chi connectivity index (χ1v) is 9.95. The Labute approximate surface area is 152 Å². The molecule has 4 fully saturated rings. The lowest BCUT2D eigenvalue weighted by Gasteiger charge is -2.58. The summed E-state index contributed by atoms with van der Waals surface area (Å²) >= 11 is 0. The smallest absolute Gasteiger partial charge is 0.229 e. The van der Waals surface area contributed by atoms with Gasteiger partial charge in [-0.05, 0) is 23.1 Å². The van der Waals surface area contributed by atoms with Crippen LogP contribution in [0.5, 0.6) is 0 Å². The van der Waals surface area contributed by atoms with Crippen molar-refractivity contribution in [1.29, 1.82) is 0 Å². The number of para-hydroxylation sites is 1. The number of piperidine rings is 2. The zero-order valence-electron chi connectivity index (χ0n) is 14.7. The van der Waals surface area contributed by atoms with Crippen LogP contribution in [0.1, 0.15) is 24.8 Å². The van der Waals surface area contributed by atoms with Gasteiger partial charge in [0.15, 0.2) is 0 Å². The second-order valence-electron chi connectivity index (χ2n) is 9.18. The predicted octanol–water partition coefficient (Wildman–Crippen LogP) is 2.00. The van der Waals surface area contributed by atoms with E-state index in [4.69, 9.17) is 4.74 Å². The molecule has 26 heavy (non-hydrogen) atoms. The third kappa shape index (κ3) is 1.33. The van der Waals surface area contributed by atoms with Crippen molar-refractivity contribution in [3.8, 4) is 0 Å². The Morgan fingerprint density at radius 3 is 3.12 bits per heavy atom. The van der Waals surface area contributed by atoms with Gasteiger partial charge in [0.2, 0.25) is 5.91 Å². The molecule has 1 aromatic rings. The lowest BCUT2D eigenvalue weighted by molar-refractivity contribution is -1.11. The van der Waals surface area contributed by atoms with E-state index < -0.39 is 0 Å². The number of rotatable bonds is 0. The molecular formula is C21H23N2O3+. The summed E-state index contributed by atoms with van der Waals surface area (Å²) in [4.78, 5) is 15.3. The van der Waals surface area contributed by atoms with Crippen molar-refractivity contribution >= 4 is 11.6 Å². The first-order chi connectivity index (χ1) is 12.6. The number of carbonyl (C=O) groups excluding carboxylic acids is 1. The number of ether oxygens (including phenoxy) is 1. The van der Waals surface area contributed by atoms with Gasteiger partial charge in [0.1, 0.15) is 19.1 Å². The van der Waals surface area contributed by atoms with Gasteiger partial charge in [-0.25, -0.2) is 5.21 Å². The van der Waals surface area contributed by atoms with E-state index in [1.165, 1.54) is 11.1 Å². The lowest BCUT2D eigenvalue weighted by atomic mass is 9.53. The van der Waals surface area contributed by atoms with E-state index in [9.17, 15) is 10.0 Å². The molecule has 1 saturated carbocycles. The number of benzene rings is 1. The maximum Gasteiger partial charge on any atom is 0.229 e. The molecule has 0 aromatic heterocycles. The average Bonchev–Trinajstić information content (AvgIpc) is 3.05. The van der Waals surface area contributed by atoms with Crippen LogP contribution in [0.2, 0.25) is 0 Å². The van der Waals surface area contributed by atoms with Crippen LogP contribution in [-0.2, 0) is 14.9 Å². The molecule has 134 valence electrons. The molecule has 7 atom stereocenters. The van der Waals surface area contributed by atoms with Gasteiger partial charge in [0.25, 0.3) is 0 Å². The molecule has 0 radical (unpaired) electrons. The van der Waals surface area contributed by atoms with Gasteiger partial charge in [0.05, 0.1) is 30.6 Å². The Bertz CT molecular complexity index is 897. The fourth-order valence-electron chi connectivity index (χ4n) is 7.79. The van der Waals surface area contributed by atoms with E-state index in [1.807, 2.05) is 6.07 Å². The molecule has 2 bridgehead atoms.